The van der Waals surface area contributed by atoms with E-state index in [-0.39, 0.29) is 10.9 Å². The van der Waals surface area contributed by atoms with Crippen molar-refractivity contribution in [2.75, 3.05) is 0 Å². The molecule has 0 aliphatic rings. The van der Waals surface area contributed by atoms with Crippen molar-refractivity contribution < 1.29 is 0 Å². The van der Waals surface area contributed by atoms with Crippen LogP contribution in [0.15, 0.2) is 11.0 Å². The van der Waals surface area contributed by atoms with E-state index in [4.69, 9.17) is 0 Å². The van der Waals surface area contributed by atoms with Gasteiger partial charge in [0, 0.05) is 6.04 Å². The molecule has 0 saturated heterocycles. The molecule has 0 aromatic carbocycles. The molecular formula is C10H13N3OS. The van der Waals surface area contributed by atoms with Gasteiger partial charge in [-0.3, -0.25) is 9.36 Å². The molecule has 0 aliphatic heterocycles. The van der Waals surface area contributed by atoms with Crippen molar-refractivity contribution in [3.63, 3.8) is 0 Å². The highest BCUT2D eigenvalue weighted by Crippen LogP contribution is 2.16. The fourth-order valence-corrected chi connectivity index (χ4v) is 2.38. The predicted molar refractivity (Wildman–Crippen MR) is 61.4 cm³/mol. The molecule has 0 fully saturated rings. The molecule has 2 aromatic heterocycles. The number of nitrogens with zero attached hydrogens (tertiary/aromatic N) is 3. The highest BCUT2D eigenvalue weighted by atomic mass is 32.1. The second-order valence-electron chi connectivity index (χ2n) is 3.68. The molecule has 2 aromatic rings. The summed E-state index contributed by atoms with van der Waals surface area (Å²) in [6.45, 7) is 5.99. The lowest BCUT2D eigenvalue weighted by molar-refractivity contribution is 0.605. The highest BCUT2D eigenvalue weighted by molar-refractivity contribution is 7.15. The Balaban J connectivity index is 2.78. The van der Waals surface area contributed by atoms with Gasteiger partial charge in [-0.25, -0.2) is 9.97 Å². The zero-order valence-corrected chi connectivity index (χ0v) is 9.84. The van der Waals surface area contributed by atoms with Crippen LogP contribution in [0.5, 0.6) is 0 Å². The molecule has 5 heteroatoms. The van der Waals surface area contributed by atoms with Crippen molar-refractivity contribution >= 4 is 21.8 Å². The van der Waals surface area contributed by atoms with Gasteiger partial charge in [-0.1, -0.05) is 18.3 Å². The molecule has 0 aliphatic carbocycles. The first kappa shape index (κ1) is 10.3. The van der Waals surface area contributed by atoms with Crippen LogP contribution in [0.2, 0.25) is 0 Å². The third-order valence-corrected chi connectivity index (χ3v) is 3.11. The van der Waals surface area contributed by atoms with Crippen molar-refractivity contribution in [1.82, 2.24) is 14.5 Å². The maximum Gasteiger partial charge on any atom is 0.311 e. The minimum Gasteiger partial charge on any atom is -0.279 e. The van der Waals surface area contributed by atoms with Gasteiger partial charge in [0.15, 0.2) is 10.5 Å². The normalized spacial score (nSPS) is 11.5. The molecule has 0 N–H and O–H groups in total. The summed E-state index contributed by atoms with van der Waals surface area (Å²) < 4.78 is 1.70. The lowest BCUT2D eigenvalue weighted by Crippen LogP contribution is -2.15. The summed E-state index contributed by atoms with van der Waals surface area (Å²) in [6.07, 6.45) is 2.58. The van der Waals surface area contributed by atoms with Gasteiger partial charge in [-0.2, -0.15) is 0 Å². The Labute approximate surface area is 91.6 Å². The average Bonchev–Trinajstić information content (AvgIpc) is 2.52. The summed E-state index contributed by atoms with van der Waals surface area (Å²) in [4.78, 5) is 21.1. The maximum atomic E-state index is 11.7. The second-order valence-corrected chi connectivity index (χ2v) is 4.62. The molecule has 2 heterocycles. The van der Waals surface area contributed by atoms with Crippen molar-refractivity contribution in [2.24, 2.45) is 0 Å². The summed E-state index contributed by atoms with van der Waals surface area (Å²) in [5.41, 5.74) is 1.65. The van der Waals surface area contributed by atoms with Gasteiger partial charge in [-0.05, 0) is 20.3 Å². The lowest BCUT2D eigenvalue weighted by atomic mass is 10.3. The lowest BCUT2D eigenvalue weighted by Gasteiger charge is -2.06. The molecule has 0 radical (unpaired) electrons. The monoisotopic (exact) mass is 223 g/mol. The van der Waals surface area contributed by atoms with Gasteiger partial charge in [0.1, 0.15) is 0 Å². The molecule has 0 spiro atoms. The molecular weight excluding hydrogens is 210 g/mol. The summed E-state index contributed by atoms with van der Waals surface area (Å²) in [6, 6.07) is 0.132. The first-order chi connectivity index (χ1) is 7.13. The van der Waals surface area contributed by atoms with E-state index < -0.39 is 0 Å². The Morgan fingerprint density at radius 3 is 2.87 bits per heavy atom. The van der Waals surface area contributed by atoms with Crippen LogP contribution in [0.4, 0.5) is 0 Å². The molecule has 4 nitrogen and oxygen atoms in total. The Bertz CT molecular complexity index is 541. The van der Waals surface area contributed by atoms with E-state index in [1.807, 2.05) is 20.8 Å². The van der Waals surface area contributed by atoms with Crippen molar-refractivity contribution in [2.45, 2.75) is 33.2 Å². The topological polar surface area (TPSA) is 47.8 Å². The first-order valence-electron chi connectivity index (χ1n) is 5.00. The van der Waals surface area contributed by atoms with Crippen LogP contribution in [-0.2, 0) is 6.42 Å². The number of rotatable bonds is 2. The van der Waals surface area contributed by atoms with Gasteiger partial charge >= 0.3 is 4.87 Å². The van der Waals surface area contributed by atoms with E-state index in [0.717, 1.165) is 33.9 Å². The van der Waals surface area contributed by atoms with Crippen LogP contribution in [0, 0.1) is 0 Å². The van der Waals surface area contributed by atoms with Crippen molar-refractivity contribution in [3.8, 4) is 0 Å². The number of fused-ring (bicyclic) bond motifs is 1. The molecule has 0 saturated carbocycles. The third-order valence-electron chi connectivity index (χ3n) is 2.26. The standard InChI is InChI=1S/C10H13N3OS/c1-4-7-5-11-9-8(12-7)13(6(2)3)10(14)15-9/h5-6H,4H2,1-3H3. The summed E-state index contributed by atoms with van der Waals surface area (Å²) in [5.74, 6) is 0. The molecule has 2 rings (SSSR count). The van der Waals surface area contributed by atoms with E-state index in [0.29, 0.717) is 0 Å². The number of hydrogen-bond acceptors (Lipinski definition) is 4. The summed E-state index contributed by atoms with van der Waals surface area (Å²) in [7, 11) is 0. The molecule has 0 atom stereocenters. The predicted octanol–water partition coefficient (Wildman–Crippen LogP) is 2.00. The maximum absolute atomic E-state index is 11.7. The average molecular weight is 223 g/mol. The zero-order valence-electron chi connectivity index (χ0n) is 9.02. The smallest absolute Gasteiger partial charge is 0.279 e. The third kappa shape index (κ3) is 1.67. The van der Waals surface area contributed by atoms with Crippen molar-refractivity contribution in [3.05, 3.63) is 21.6 Å². The zero-order chi connectivity index (χ0) is 11.0. The molecule has 0 amide bonds. The second kappa shape index (κ2) is 3.73. The van der Waals surface area contributed by atoms with Crippen LogP contribution in [0.1, 0.15) is 32.5 Å². The first-order valence-corrected chi connectivity index (χ1v) is 5.82. The van der Waals surface area contributed by atoms with Gasteiger partial charge in [0.05, 0.1) is 11.9 Å². The number of aryl methyl sites for hydroxylation is 1. The molecule has 80 valence electrons. The fraction of sp³-hybridized carbons (Fsp3) is 0.500. The van der Waals surface area contributed by atoms with Gasteiger partial charge in [0.2, 0.25) is 0 Å². The van der Waals surface area contributed by atoms with E-state index in [1.54, 1.807) is 10.8 Å². The minimum atomic E-state index is 0.0215. The quantitative estimate of drug-likeness (QED) is 0.782. The van der Waals surface area contributed by atoms with Gasteiger partial charge in [0.25, 0.3) is 0 Å². The van der Waals surface area contributed by atoms with E-state index in [2.05, 4.69) is 9.97 Å². The van der Waals surface area contributed by atoms with Crippen molar-refractivity contribution in [1.29, 1.82) is 0 Å². The van der Waals surface area contributed by atoms with E-state index >= 15 is 0 Å². The Morgan fingerprint density at radius 2 is 2.27 bits per heavy atom. The number of aromatic nitrogens is 3. The molecule has 0 bridgehead atoms. The summed E-state index contributed by atoms with van der Waals surface area (Å²) in [5, 5.41) is 0. The van der Waals surface area contributed by atoms with Crippen LogP contribution in [0.3, 0.4) is 0 Å². The van der Waals surface area contributed by atoms with E-state index in [1.165, 1.54) is 0 Å². The largest absolute Gasteiger partial charge is 0.311 e. The van der Waals surface area contributed by atoms with Crippen LogP contribution in [0.25, 0.3) is 10.5 Å². The Kier molecular flexibility index (Phi) is 2.56. The molecule has 15 heavy (non-hydrogen) atoms. The molecule has 0 unspecified atom stereocenters. The van der Waals surface area contributed by atoms with Crippen LogP contribution >= 0.6 is 11.3 Å². The van der Waals surface area contributed by atoms with E-state index in [9.17, 15) is 4.79 Å². The number of thiazole rings is 1. The Hall–Kier alpha value is -1.23. The van der Waals surface area contributed by atoms with Crippen LogP contribution in [-0.4, -0.2) is 14.5 Å². The summed E-state index contributed by atoms with van der Waals surface area (Å²) >= 11 is 1.16. The minimum absolute atomic E-state index is 0.0215. The highest BCUT2D eigenvalue weighted by Gasteiger charge is 2.12. The fourth-order valence-electron chi connectivity index (χ4n) is 1.48. The SMILES string of the molecule is CCc1cnc2sc(=O)n(C(C)C)c2n1. The van der Waals surface area contributed by atoms with Gasteiger partial charge in [-0.15, -0.1) is 0 Å². The van der Waals surface area contributed by atoms with Crippen LogP contribution < -0.4 is 4.87 Å². The Morgan fingerprint density at radius 1 is 1.53 bits per heavy atom. The number of hydrogen-bond donors (Lipinski definition) is 0. The van der Waals surface area contributed by atoms with Gasteiger partial charge < -0.3 is 0 Å².